The molecule has 2 unspecified atom stereocenters. The number of hydrogen-bond donors (Lipinski definition) is 2. The van der Waals surface area contributed by atoms with E-state index in [1.165, 1.54) is 6.07 Å². The van der Waals surface area contributed by atoms with E-state index in [0.29, 0.717) is 28.9 Å². The number of rotatable bonds is 10. The van der Waals surface area contributed by atoms with Crippen molar-refractivity contribution in [2.24, 2.45) is 0 Å². The van der Waals surface area contributed by atoms with Crippen molar-refractivity contribution >= 4 is 46.8 Å². The normalized spacial score (nSPS) is 20.4. The Morgan fingerprint density at radius 2 is 1.71 bits per heavy atom. The van der Waals surface area contributed by atoms with Crippen LogP contribution in [0.3, 0.4) is 0 Å². The molecule has 2 atom stereocenters. The Hall–Kier alpha value is -2.94. The van der Waals surface area contributed by atoms with Crippen molar-refractivity contribution in [3.05, 3.63) is 68.7 Å². The van der Waals surface area contributed by atoms with Crippen molar-refractivity contribution in [1.82, 2.24) is 15.5 Å². The molecule has 4 rings (SSSR count). The molecule has 2 N–H and O–H groups in total. The summed E-state index contributed by atoms with van der Waals surface area (Å²) in [6, 6.07) is 9.60. The standard InChI is InChI=1S/C28H31Cl2N3O5/c1-4-5-12-38-24-19-13-21(29)22(30)14-20(19)25(35)32-28(24,11-10-23(34)31-16(2)3)15-33-26(36)17-8-6-7-9-18(17)27(33)37/h6-9,13-14,16,24H,4-5,10-12,15H2,1-3H3,(H,31,34)(H,32,35). The van der Waals surface area contributed by atoms with Gasteiger partial charge in [-0.25, -0.2) is 0 Å². The molecule has 38 heavy (non-hydrogen) atoms. The fourth-order valence-corrected chi connectivity index (χ4v) is 5.35. The summed E-state index contributed by atoms with van der Waals surface area (Å²) in [4.78, 5) is 54.0. The van der Waals surface area contributed by atoms with Crippen LogP contribution in [0.2, 0.25) is 10.0 Å². The van der Waals surface area contributed by atoms with Gasteiger partial charge < -0.3 is 15.4 Å². The summed E-state index contributed by atoms with van der Waals surface area (Å²) in [5.74, 6) is -1.59. The summed E-state index contributed by atoms with van der Waals surface area (Å²) < 4.78 is 6.38. The second-order valence-corrected chi connectivity index (χ2v) is 10.8. The summed E-state index contributed by atoms with van der Waals surface area (Å²) in [5.41, 5.74) is 0.0964. The van der Waals surface area contributed by atoms with Crippen molar-refractivity contribution in [3.8, 4) is 0 Å². The minimum atomic E-state index is -1.29. The van der Waals surface area contributed by atoms with Crippen molar-refractivity contribution in [1.29, 1.82) is 0 Å². The Morgan fingerprint density at radius 1 is 1.08 bits per heavy atom. The lowest BCUT2D eigenvalue weighted by atomic mass is 9.77. The SMILES string of the molecule is CCCCOC1c2cc(Cl)c(Cl)cc2C(=O)NC1(CCC(=O)NC(C)C)CN1C(=O)c2ccccc2C1=O. The maximum atomic E-state index is 13.5. The number of unbranched alkanes of at least 4 members (excludes halogenated alkanes) is 1. The van der Waals surface area contributed by atoms with Crippen LogP contribution in [0.5, 0.6) is 0 Å². The van der Waals surface area contributed by atoms with Crippen LogP contribution in [0.4, 0.5) is 0 Å². The van der Waals surface area contributed by atoms with Gasteiger partial charge in [-0.3, -0.25) is 24.1 Å². The van der Waals surface area contributed by atoms with Crippen LogP contribution < -0.4 is 10.6 Å². The predicted octanol–water partition coefficient (Wildman–Crippen LogP) is 4.93. The first kappa shape index (κ1) is 28.1. The number of amides is 4. The highest BCUT2D eigenvalue weighted by Crippen LogP contribution is 2.43. The van der Waals surface area contributed by atoms with E-state index in [1.54, 1.807) is 30.3 Å². The molecular weight excluding hydrogens is 529 g/mol. The highest BCUT2D eigenvalue weighted by molar-refractivity contribution is 6.42. The molecule has 0 saturated heterocycles. The number of imide groups is 1. The van der Waals surface area contributed by atoms with E-state index >= 15 is 0 Å². The number of hydrogen-bond acceptors (Lipinski definition) is 5. The van der Waals surface area contributed by atoms with Crippen LogP contribution in [-0.4, -0.2) is 53.3 Å². The Kier molecular flexibility index (Phi) is 8.45. The lowest BCUT2D eigenvalue weighted by Crippen LogP contribution is -2.63. The maximum absolute atomic E-state index is 13.5. The van der Waals surface area contributed by atoms with Crippen LogP contribution in [0.25, 0.3) is 0 Å². The van der Waals surface area contributed by atoms with Gasteiger partial charge in [0, 0.05) is 24.6 Å². The summed E-state index contributed by atoms with van der Waals surface area (Å²) in [6.07, 6.45) is 0.966. The van der Waals surface area contributed by atoms with E-state index in [9.17, 15) is 19.2 Å². The molecule has 202 valence electrons. The minimum Gasteiger partial charge on any atom is -0.371 e. The third kappa shape index (κ3) is 5.44. The van der Waals surface area contributed by atoms with Crippen LogP contribution >= 0.6 is 23.2 Å². The Bertz CT molecular complexity index is 1250. The molecular formula is C28H31Cl2N3O5. The zero-order chi connectivity index (χ0) is 27.6. The average Bonchev–Trinajstić information content (AvgIpc) is 3.10. The van der Waals surface area contributed by atoms with Gasteiger partial charge in [-0.2, -0.15) is 0 Å². The number of benzene rings is 2. The van der Waals surface area contributed by atoms with E-state index in [0.717, 1.165) is 17.7 Å². The van der Waals surface area contributed by atoms with E-state index in [1.807, 2.05) is 20.8 Å². The highest BCUT2D eigenvalue weighted by Gasteiger charge is 2.51. The molecule has 2 aliphatic heterocycles. The molecule has 10 heteroatoms. The molecule has 0 aliphatic carbocycles. The lowest BCUT2D eigenvalue weighted by Gasteiger charge is -2.46. The molecule has 0 fully saturated rings. The molecule has 2 aromatic carbocycles. The van der Waals surface area contributed by atoms with Crippen molar-refractivity contribution in [2.45, 2.75) is 64.1 Å². The number of ether oxygens (including phenoxy) is 1. The van der Waals surface area contributed by atoms with Crippen molar-refractivity contribution < 1.29 is 23.9 Å². The van der Waals surface area contributed by atoms with E-state index in [-0.39, 0.29) is 41.4 Å². The number of halogens is 2. The first-order chi connectivity index (χ1) is 18.1. The minimum absolute atomic E-state index is 0.0337. The molecule has 0 bridgehead atoms. The van der Waals surface area contributed by atoms with Gasteiger partial charge in [0.1, 0.15) is 6.10 Å². The van der Waals surface area contributed by atoms with Gasteiger partial charge in [0.2, 0.25) is 5.91 Å². The monoisotopic (exact) mass is 559 g/mol. The highest BCUT2D eigenvalue weighted by atomic mass is 35.5. The summed E-state index contributed by atoms with van der Waals surface area (Å²) >= 11 is 12.6. The van der Waals surface area contributed by atoms with Gasteiger partial charge in [-0.15, -0.1) is 0 Å². The second-order valence-electron chi connectivity index (χ2n) is 10.0. The molecule has 2 aliphatic rings. The largest absolute Gasteiger partial charge is 0.371 e. The van der Waals surface area contributed by atoms with E-state index in [2.05, 4.69) is 10.6 Å². The van der Waals surface area contributed by atoms with Crippen molar-refractivity contribution in [2.75, 3.05) is 13.2 Å². The van der Waals surface area contributed by atoms with Crippen LogP contribution in [-0.2, 0) is 9.53 Å². The summed E-state index contributed by atoms with van der Waals surface area (Å²) in [7, 11) is 0. The second kappa shape index (κ2) is 11.4. The average molecular weight is 560 g/mol. The first-order valence-corrected chi connectivity index (χ1v) is 13.5. The zero-order valence-electron chi connectivity index (χ0n) is 21.6. The van der Waals surface area contributed by atoms with Gasteiger partial charge in [-0.05, 0) is 56.5 Å². The fourth-order valence-electron chi connectivity index (χ4n) is 5.02. The molecule has 2 aromatic rings. The van der Waals surface area contributed by atoms with Gasteiger partial charge in [0.25, 0.3) is 17.7 Å². The summed E-state index contributed by atoms with van der Waals surface area (Å²) in [6.45, 7) is 5.91. The van der Waals surface area contributed by atoms with Gasteiger partial charge in [-0.1, -0.05) is 48.7 Å². The molecule has 0 radical (unpaired) electrons. The lowest BCUT2D eigenvalue weighted by molar-refractivity contribution is -0.122. The molecule has 4 amide bonds. The topological polar surface area (TPSA) is 105 Å². The van der Waals surface area contributed by atoms with Crippen molar-refractivity contribution in [3.63, 3.8) is 0 Å². The molecule has 0 spiro atoms. The molecule has 2 heterocycles. The molecule has 0 aromatic heterocycles. The first-order valence-electron chi connectivity index (χ1n) is 12.8. The third-order valence-electron chi connectivity index (χ3n) is 6.83. The summed E-state index contributed by atoms with van der Waals surface area (Å²) in [5, 5.41) is 6.35. The van der Waals surface area contributed by atoms with Gasteiger partial charge in [0.15, 0.2) is 0 Å². The Labute approximate surface area is 232 Å². The molecule has 8 nitrogen and oxygen atoms in total. The van der Waals surface area contributed by atoms with Crippen LogP contribution in [0, 0.1) is 0 Å². The zero-order valence-corrected chi connectivity index (χ0v) is 23.1. The molecule has 0 saturated carbocycles. The fraction of sp³-hybridized carbons (Fsp3) is 0.429. The smallest absolute Gasteiger partial charge is 0.261 e. The van der Waals surface area contributed by atoms with Gasteiger partial charge >= 0.3 is 0 Å². The van der Waals surface area contributed by atoms with Crippen LogP contribution in [0.15, 0.2) is 36.4 Å². The van der Waals surface area contributed by atoms with Gasteiger partial charge in [0.05, 0.1) is 33.3 Å². The van der Waals surface area contributed by atoms with E-state index in [4.69, 9.17) is 27.9 Å². The Morgan fingerprint density at radius 3 is 2.32 bits per heavy atom. The maximum Gasteiger partial charge on any atom is 0.261 e. The third-order valence-corrected chi connectivity index (χ3v) is 7.55. The number of nitrogens with one attached hydrogen (secondary N) is 2. The number of fused-ring (bicyclic) bond motifs is 2. The quantitative estimate of drug-likeness (QED) is 0.317. The Balaban J connectivity index is 1.79. The number of carbonyl (C=O) groups excluding carboxylic acids is 4. The van der Waals surface area contributed by atoms with Crippen LogP contribution in [0.1, 0.15) is 89.2 Å². The van der Waals surface area contributed by atoms with E-state index < -0.39 is 29.4 Å². The number of nitrogens with zero attached hydrogens (tertiary/aromatic N) is 1. The number of carbonyl (C=O) groups is 4. The predicted molar refractivity (Wildman–Crippen MR) is 145 cm³/mol.